The summed E-state index contributed by atoms with van der Waals surface area (Å²) in [4.78, 5) is 13.8. The van der Waals surface area contributed by atoms with Gasteiger partial charge in [0, 0.05) is 19.0 Å². The number of thiophene rings is 1. The topological polar surface area (TPSA) is 80.5 Å². The van der Waals surface area contributed by atoms with Gasteiger partial charge < -0.3 is 4.90 Å². The summed E-state index contributed by atoms with van der Waals surface area (Å²) in [7, 11) is -2.03. The van der Waals surface area contributed by atoms with Crippen molar-refractivity contribution in [2.45, 2.75) is 31.4 Å². The first-order chi connectivity index (χ1) is 8.64. The number of sulfonamides is 1. The van der Waals surface area contributed by atoms with Crippen LogP contribution in [0.25, 0.3) is 0 Å². The first-order valence-electron chi connectivity index (χ1n) is 6.01. The molecule has 0 aliphatic carbocycles. The van der Waals surface area contributed by atoms with Gasteiger partial charge in [0.05, 0.1) is 5.56 Å². The van der Waals surface area contributed by atoms with Crippen LogP contribution in [-0.4, -0.2) is 32.8 Å². The van der Waals surface area contributed by atoms with E-state index in [2.05, 4.69) is 13.8 Å². The molecule has 2 N–H and O–H groups in total. The molecule has 19 heavy (non-hydrogen) atoms. The van der Waals surface area contributed by atoms with Gasteiger partial charge >= 0.3 is 0 Å². The zero-order valence-electron chi connectivity index (χ0n) is 11.6. The predicted molar refractivity (Wildman–Crippen MR) is 76.8 cm³/mol. The molecule has 7 heteroatoms. The Labute approximate surface area is 118 Å². The van der Waals surface area contributed by atoms with Gasteiger partial charge in [0.15, 0.2) is 0 Å². The molecule has 1 heterocycles. The Balaban J connectivity index is 2.93. The Kier molecular flexibility index (Phi) is 5.11. The predicted octanol–water partition coefficient (Wildman–Crippen LogP) is 1.82. The molecule has 1 aromatic rings. The van der Waals surface area contributed by atoms with Crippen molar-refractivity contribution in [2.75, 3.05) is 13.6 Å². The highest BCUT2D eigenvalue weighted by Gasteiger charge is 2.22. The average molecular weight is 304 g/mol. The van der Waals surface area contributed by atoms with Crippen LogP contribution in [0.15, 0.2) is 9.59 Å². The number of rotatable bonds is 5. The van der Waals surface area contributed by atoms with E-state index in [1.54, 1.807) is 24.3 Å². The third-order valence-corrected chi connectivity index (χ3v) is 5.55. The summed E-state index contributed by atoms with van der Waals surface area (Å²) in [6, 6.07) is 0. The van der Waals surface area contributed by atoms with Crippen LogP contribution in [0.3, 0.4) is 0 Å². The highest BCUT2D eigenvalue weighted by atomic mass is 32.2. The molecule has 1 amide bonds. The third-order valence-electron chi connectivity index (χ3n) is 2.87. The van der Waals surface area contributed by atoms with E-state index in [0.29, 0.717) is 23.6 Å². The van der Waals surface area contributed by atoms with Crippen molar-refractivity contribution in [2.24, 2.45) is 11.1 Å². The van der Waals surface area contributed by atoms with Crippen LogP contribution in [0.4, 0.5) is 0 Å². The summed E-state index contributed by atoms with van der Waals surface area (Å²) >= 11 is 0.993. The number of hydrogen-bond acceptors (Lipinski definition) is 4. The van der Waals surface area contributed by atoms with Crippen LogP contribution in [0.1, 0.15) is 36.2 Å². The number of carbonyl (C=O) groups excluding carboxylic acids is 1. The molecule has 0 saturated heterocycles. The van der Waals surface area contributed by atoms with Crippen molar-refractivity contribution in [1.29, 1.82) is 0 Å². The van der Waals surface area contributed by atoms with Crippen molar-refractivity contribution in [1.82, 2.24) is 4.90 Å². The third kappa shape index (κ3) is 4.02. The quantitative estimate of drug-likeness (QED) is 0.901. The van der Waals surface area contributed by atoms with Crippen LogP contribution < -0.4 is 5.14 Å². The fourth-order valence-corrected chi connectivity index (χ4v) is 3.66. The molecular weight excluding hydrogens is 284 g/mol. The van der Waals surface area contributed by atoms with Gasteiger partial charge in [-0.25, -0.2) is 13.6 Å². The Hall–Kier alpha value is -0.920. The molecule has 0 fully saturated rings. The molecule has 0 bridgehead atoms. The summed E-state index contributed by atoms with van der Waals surface area (Å²) in [5.74, 6) is 0.350. The molecule has 1 aromatic heterocycles. The summed E-state index contributed by atoms with van der Waals surface area (Å²) in [5.41, 5.74) is 0.856. The van der Waals surface area contributed by atoms with Crippen LogP contribution in [0.5, 0.6) is 0 Å². The van der Waals surface area contributed by atoms with E-state index < -0.39 is 10.0 Å². The van der Waals surface area contributed by atoms with Gasteiger partial charge in [0.2, 0.25) is 10.0 Å². The lowest BCUT2D eigenvalue weighted by molar-refractivity contribution is 0.0789. The molecule has 5 nitrogen and oxygen atoms in total. The van der Waals surface area contributed by atoms with Crippen molar-refractivity contribution < 1.29 is 13.2 Å². The minimum atomic E-state index is -3.75. The van der Waals surface area contributed by atoms with Crippen LogP contribution >= 0.6 is 11.3 Å². The van der Waals surface area contributed by atoms with E-state index in [1.807, 2.05) is 0 Å². The Morgan fingerprint density at radius 1 is 1.47 bits per heavy atom. The number of nitrogens with two attached hydrogens (primary N) is 1. The second kappa shape index (κ2) is 6.02. The fraction of sp³-hybridized carbons (Fsp3) is 0.583. The first kappa shape index (κ1) is 16.1. The lowest BCUT2D eigenvalue weighted by atomic mass is 10.1. The van der Waals surface area contributed by atoms with Crippen molar-refractivity contribution in [3.05, 3.63) is 16.5 Å². The number of amides is 1. The Morgan fingerprint density at radius 2 is 2.05 bits per heavy atom. The standard InChI is InChI=1S/C12H20N2O3S2/c1-8(2)5-6-14(4)11(15)10-7-18-12(9(10)3)19(13,16)17/h7-8H,5-6H2,1-4H3,(H2,13,16,17). The maximum absolute atomic E-state index is 12.2. The largest absolute Gasteiger partial charge is 0.342 e. The lowest BCUT2D eigenvalue weighted by Gasteiger charge is -2.18. The van der Waals surface area contributed by atoms with E-state index in [9.17, 15) is 13.2 Å². The van der Waals surface area contributed by atoms with E-state index in [-0.39, 0.29) is 10.1 Å². The molecule has 0 aliphatic rings. The smallest absolute Gasteiger partial charge is 0.254 e. The molecule has 0 saturated carbocycles. The van der Waals surface area contributed by atoms with Gasteiger partial charge in [-0.3, -0.25) is 4.79 Å². The Bertz CT molecular complexity index is 562. The molecule has 0 spiro atoms. The van der Waals surface area contributed by atoms with Crippen molar-refractivity contribution in [3.63, 3.8) is 0 Å². The van der Waals surface area contributed by atoms with E-state index in [4.69, 9.17) is 5.14 Å². The molecule has 1 rings (SSSR count). The van der Waals surface area contributed by atoms with Crippen LogP contribution in [-0.2, 0) is 10.0 Å². The van der Waals surface area contributed by atoms with Crippen molar-refractivity contribution in [3.8, 4) is 0 Å². The molecule has 0 aromatic carbocycles. The maximum atomic E-state index is 12.2. The van der Waals surface area contributed by atoms with E-state index in [1.165, 1.54) is 0 Å². The average Bonchev–Trinajstić information content (AvgIpc) is 2.66. The van der Waals surface area contributed by atoms with Gasteiger partial charge in [0.25, 0.3) is 5.91 Å². The minimum Gasteiger partial charge on any atom is -0.342 e. The zero-order chi connectivity index (χ0) is 14.8. The highest BCUT2D eigenvalue weighted by molar-refractivity contribution is 7.91. The molecule has 108 valence electrons. The number of carbonyl (C=O) groups is 1. The van der Waals surface area contributed by atoms with Crippen LogP contribution in [0.2, 0.25) is 0 Å². The first-order valence-corrected chi connectivity index (χ1v) is 8.43. The second-order valence-electron chi connectivity index (χ2n) is 5.02. The summed E-state index contributed by atoms with van der Waals surface area (Å²) in [6.45, 7) is 6.44. The van der Waals surface area contributed by atoms with Gasteiger partial charge in [-0.15, -0.1) is 11.3 Å². The van der Waals surface area contributed by atoms with Crippen molar-refractivity contribution >= 4 is 27.3 Å². The maximum Gasteiger partial charge on any atom is 0.254 e. The molecule has 0 unspecified atom stereocenters. The molecule has 0 radical (unpaired) electrons. The normalized spacial score (nSPS) is 11.9. The van der Waals surface area contributed by atoms with Gasteiger partial charge in [-0.2, -0.15) is 0 Å². The number of primary sulfonamides is 1. The van der Waals surface area contributed by atoms with E-state index >= 15 is 0 Å². The SMILES string of the molecule is Cc1c(C(=O)N(C)CCC(C)C)csc1S(N)(=O)=O. The lowest BCUT2D eigenvalue weighted by Crippen LogP contribution is -2.28. The number of nitrogens with zero attached hydrogens (tertiary/aromatic N) is 1. The summed E-state index contributed by atoms with van der Waals surface area (Å²) in [5, 5.41) is 6.66. The van der Waals surface area contributed by atoms with Gasteiger partial charge in [0.1, 0.15) is 4.21 Å². The van der Waals surface area contributed by atoms with E-state index in [0.717, 1.165) is 17.8 Å². The summed E-state index contributed by atoms with van der Waals surface area (Å²) in [6.07, 6.45) is 0.910. The fourth-order valence-electron chi connectivity index (χ4n) is 1.65. The second-order valence-corrected chi connectivity index (χ2v) is 7.65. The highest BCUT2D eigenvalue weighted by Crippen LogP contribution is 2.26. The molecule has 0 aliphatic heterocycles. The van der Waals surface area contributed by atoms with Crippen LogP contribution in [0, 0.1) is 12.8 Å². The Morgan fingerprint density at radius 3 is 2.47 bits per heavy atom. The minimum absolute atomic E-state index is 0.0631. The molecule has 0 atom stereocenters. The summed E-state index contributed by atoms with van der Waals surface area (Å²) < 4.78 is 22.7. The zero-order valence-corrected chi connectivity index (χ0v) is 13.3. The van der Waals surface area contributed by atoms with Gasteiger partial charge in [-0.1, -0.05) is 13.8 Å². The number of hydrogen-bond donors (Lipinski definition) is 1. The monoisotopic (exact) mass is 304 g/mol. The molecular formula is C12H20N2O3S2. The van der Waals surface area contributed by atoms with Gasteiger partial charge in [-0.05, 0) is 24.8 Å².